The number of anilines is 2. The van der Waals surface area contributed by atoms with Crippen molar-refractivity contribution in [2.24, 2.45) is 0 Å². The van der Waals surface area contributed by atoms with Gasteiger partial charge in [0.05, 0.1) is 11.6 Å². The summed E-state index contributed by atoms with van der Waals surface area (Å²) in [7, 11) is 0. The Morgan fingerprint density at radius 1 is 1.06 bits per heavy atom. The first-order valence-electron chi connectivity index (χ1n) is 10.1. The molecule has 6 nitrogen and oxygen atoms in total. The molecule has 4 rings (SSSR count). The third-order valence-electron chi connectivity index (χ3n) is 5.56. The van der Waals surface area contributed by atoms with Crippen LogP contribution in [-0.2, 0) is 4.79 Å². The van der Waals surface area contributed by atoms with E-state index in [2.05, 4.69) is 9.97 Å². The summed E-state index contributed by atoms with van der Waals surface area (Å²) >= 11 is 6.05. The predicted molar refractivity (Wildman–Crippen MR) is 121 cm³/mol. The van der Waals surface area contributed by atoms with Crippen molar-refractivity contribution in [3.05, 3.63) is 82.9 Å². The maximum atomic E-state index is 13.4. The summed E-state index contributed by atoms with van der Waals surface area (Å²) in [5, 5.41) is 0.613. The van der Waals surface area contributed by atoms with E-state index < -0.39 is 0 Å². The van der Waals surface area contributed by atoms with Gasteiger partial charge in [-0.1, -0.05) is 29.8 Å². The third-order valence-corrected chi connectivity index (χ3v) is 5.81. The van der Waals surface area contributed by atoms with Gasteiger partial charge in [0.15, 0.2) is 0 Å². The summed E-state index contributed by atoms with van der Waals surface area (Å²) in [4.78, 5) is 38.0. The zero-order chi connectivity index (χ0) is 22.1. The van der Waals surface area contributed by atoms with Crippen molar-refractivity contribution in [1.82, 2.24) is 9.97 Å². The van der Waals surface area contributed by atoms with E-state index >= 15 is 0 Å². The molecule has 1 aromatic heterocycles. The predicted octanol–water partition coefficient (Wildman–Crippen LogP) is 4.97. The highest BCUT2D eigenvalue weighted by Crippen LogP contribution is 2.42. The summed E-state index contributed by atoms with van der Waals surface area (Å²) in [6, 6.07) is 14.6. The van der Waals surface area contributed by atoms with Crippen molar-refractivity contribution in [3.63, 3.8) is 0 Å². The molecule has 31 heavy (non-hydrogen) atoms. The minimum Gasteiger partial charge on any atom is -0.305 e. The van der Waals surface area contributed by atoms with Gasteiger partial charge in [-0.2, -0.15) is 0 Å². The van der Waals surface area contributed by atoms with Crippen LogP contribution in [0.5, 0.6) is 0 Å². The summed E-state index contributed by atoms with van der Waals surface area (Å²) in [5.74, 6) is 0.393. The number of hydrogen-bond acceptors (Lipinski definition) is 4. The second-order valence-electron chi connectivity index (χ2n) is 7.72. The number of hydrogen-bond donors (Lipinski definition) is 0. The molecule has 3 aromatic rings. The second kappa shape index (κ2) is 8.47. The minimum atomic E-state index is -0.205. The quantitative estimate of drug-likeness (QED) is 0.583. The van der Waals surface area contributed by atoms with Crippen molar-refractivity contribution in [3.8, 4) is 0 Å². The van der Waals surface area contributed by atoms with Gasteiger partial charge in [0.25, 0.3) is 5.91 Å². The number of rotatable bonds is 3. The van der Waals surface area contributed by atoms with Crippen LogP contribution in [0.15, 0.2) is 60.9 Å². The fourth-order valence-electron chi connectivity index (χ4n) is 4.16. The maximum Gasteiger partial charge on any atom is 0.261 e. The van der Waals surface area contributed by atoms with Crippen LogP contribution < -0.4 is 9.80 Å². The molecule has 0 N–H and O–H groups in total. The van der Waals surface area contributed by atoms with Crippen LogP contribution in [0.25, 0.3) is 0 Å². The largest absolute Gasteiger partial charge is 0.305 e. The summed E-state index contributed by atoms with van der Waals surface area (Å²) in [6.45, 7) is 5.34. The number of benzene rings is 2. The Bertz CT molecular complexity index is 1120. The van der Waals surface area contributed by atoms with E-state index in [1.165, 1.54) is 0 Å². The standard InChI is InChI=1S/C24H23ClN4O2/c1-15-12-23(29(17(3)30)20-10-8-19(25)9-11-20)21-6-4-5-7-22(21)28(15)24(31)18-13-26-16(2)27-14-18/h4-11,13-15,23H,12H2,1-3H3. The molecule has 2 heterocycles. The van der Waals surface area contributed by atoms with Crippen LogP contribution >= 0.6 is 11.6 Å². The first kappa shape index (κ1) is 21.0. The van der Waals surface area contributed by atoms with Crippen LogP contribution in [0.1, 0.15) is 48.1 Å². The number of halogens is 1. The van der Waals surface area contributed by atoms with E-state index in [9.17, 15) is 9.59 Å². The monoisotopic (exact) mass is 434 g/mol. The van der Waals surface area contributed by atoms with Crippen LogP contribution in [-0.4, -0.2) is 27.8 Å². The molecule has 2 aromatic carbocycles. The molecule has 2 amide bonds. The number of carbonyl (C=O) groups is 2. The normalized spacial score (nSPS) is 17.7. The highest BCUT2D eigenvalue weighted by atomic mass is 35.5. The van der Waals surface area contributed by atoms with Crippen molar-refractivity contribution >= 4 is 34.8 Å². The summed E-state index contributed by atoms with van der Waals surface area (Å²) in [5.41, 5.74) is 2.92. The average Bonchev–Trinajstić information content (AvgIpc) is 2.75. The van der Waals surface area contributed by atoms with E-state index in [1.807, 2.05) is 43.3 Å². The highest BCUT2D eigenvalue weighted by molar-refractivity contribution is 6.30. The van der Waals surface area contributed by atoms with E-state index in [1.54, 1.807) is 48.2 Å². The van der Waals surface area contributed by atoms with Crippen molar-refractivity contribution in [2.45, 2.75) is 39.3 Å². The van der Waals surface area contributed by atoms with Crippen LogP contribution in [0.2, 0.25) is 5.02 Å². The molecule has 7 heteroatoms. The number of fused-ring (bicyclic) bond motifs is 1. The molecule has 0 aliphatic carbocycles. The smallest absolute Gasteiger partial charge is 0.261 e. The second-order valence-corrected chi connectivity index (χ2v) is 8.16. The number of carbonyl (C=O) groups excluding carboxylic acids is 2. The molecule has 1 aliphatic heterocycles. The first-order chi connectivity index (χ1) is 14.9. The minimum absolute atomic E-state index is 0.0685. The number of aromatic nitrogens is 2. The van der Waals surface area contributed by atoms with E-state index in [0.29, 0.717) is 22.8 Å². The van der Waals surface area contributed by atoms with Gasteiger partial charge in [-0.15, -0.1) is 0 Å². The Morgan fingerprint density at radius 3 is 2.35 bits per heavy atom. The lowest BCUT2D eigenvalue weighted by atomic mass is 9.89. The SMILES string of the molecule is CC(=O)N(c1ccc(Cl)cc1)C1CC(C)N(C(=O)c2cnc(C)nc2)c2ccccc21. The van der Waals surface area contributed by atoms with Crippen molar-refractivity contribution < 1.29 is 9.59 Å². The molecule has 158 valence electrons. The van der Waals surface area contributed by atoms with Gasteiger partial charge in [0, 0.05) is 41.8 Å². The van der Waals surface area contributed by atoms with Crippen LogP contribution in [0.4, 0.5) is 11.4 Å². The molecule has 0 radical (unpaired) electrons. The Morgan fingerprint density at radius 2 is 1.71 bits per heavy atom. The lowest BCUT2D eigenvalue weighted by Gasteiger charge is -2.43. The molecule has 1 aliphatic rings. The van der Waals surface area contributed by atoms with Crippen molar-refractivity contribution in [2.75, 3.05) is 9.80 Å². The molecule has 0 fully saturated rings. The fraction of sp³-hybridized carbons (Fsp3) is 0.250. The van der Waals surface area contributed by atoms with Gasteiger partial charge in [-0.25, -0.2) is 9.97 Å². The molecular weight excluding hydrogens is 412 g/mol. The zero-order valence-electron chi connectivity index (χ0n) is 17.6. The lowest BCUT2D eigenvalue weighted by molar-refractivity contribution is -0.117. The molecule has 0 bridgehead atoms. The molecule has 2 unspecified atom stereocenters. The van der Waals surface area contributed by atoms with Gasteiger partial charge >= 0.3 is 0 Å². The molecular formula is C24H23ClN4O2. The number of aryl methyl sites for hydroxylation is 1. The lowest BCUT2D eigenvalue weighted by Crippen LogP contribution is -2.47. The average molecular weight is 435 g/mol. The topological polar surface area (TPSA) is 66.4 Å². The highest BCUT2D eigenvalue weighted by Gasteiger charge is 2.38. The number of amides is 2. The third kappa shape index (κ3) is 4.03. The Hall–Kier alpha value is -3.25. The van der Waals surface area contributed by atoms with Crippen LogP contribution in [0.3, 0.4) is 0 Å². The van der Waals surface area contributed by atoms with Gasteiger partial charge in [-0.3, -0.25) is 9.59 Å². The van der Waals surface area contributed by atoms with E-state index in [-0.39, 0.29) is 23.9 Å². The molecule has 2 atom stereocenters. The first-order valence-corrected chi connectivity index (χ1v) is 10.5. The van der Waals surface area contributed by atoms with E-state index in [4.69, 9.17) is 11.6 Å². The number of nitrogens with zero attached hydrogens (tertiary/aromatic N) is 4. The fourth-order valence-corrected chi connectivity index (χ4v) is 4.29. The maximum absolute atomic E-state index is 13.4. The summed E-state index contributed by atoms with van der Waals surface area (Å²) in [6.07, 6.45) is 3.71. The zero-order valence-corrected chi connectivity index (χ0v) is 18.4. The Labute approximate surface area is 186 Å². The summed E-state index contributed by atoms with van der Waals surface area (Å²) < 4.78 is 0. The Balaban J connectivity index is 1.77. The number of para-hydroxylation sites is 1. The van der Waals surface area contributed by atoms with Gasteiger partial charge < -0.3 is 9.80 Å². The Kier molecular flexibility index (Phi) is 5.74. The molecule has 0 saturated carbocycles. The van der Waals surface area contributed by atoms with Gasteiger partial charge in [0.2, 0.25) is 5.91 Å². The van der Waals surface area contributed by atoms with E-state index in [0.717, 1.165) is 16.9 Å². The van der Waals surface area contributed by atoms with Gasteiger partial charge in [0.1, 0.15) is 5.82 Å². The molecule has 0 spiro atoms. The molecule has 0 saturated heterocycles. The van der Waals surface area contributed by atoms with Gasteiger partial charge in [-0.05, 0) is 56.2 Å². The van der Waals surface area contributed by atoms with Crippen molar-refractivity contribution in [1.29, 1.82) is 0 Å². The van der Waals surface area contributed by atoms with Crippen LogP contribution in [0, 0.1) is 6.92 Å².